The standard InChI is InChI=1S/C10H8FNO3S/c11-16(14,15)9-6-4-8(5-7-9)2-1-3-10(12)13/h4-7H,3H2,(H2,12,13). The number of carbonyl (C=O) groups is 1. The van der Waals surface area contributed by atoms with Gasteiger partial charge in [-0.15, -0.1) is 3.89 Å². The van der Waals surface area contributed by atoms with Crippen LogP contribution in [-0.2, 0) is 15.0 Å². The lowest BCUT2D eigenvalue weighted by Gasteiger charge is -1.94. The van der Waals surface area contributed by atoms with Crippen molar-refractivity contribution >= 4 is 16.1 Å². The topological polar surface area (TPSA) is 77.2 Å². The molecular formula is C10H8FNO3S. The molecule has 0 saturated carbocycles. The molecular weight excluding hydrogens is 233 g/mol. The second-order valence-corrected chi connectivity index (χ2v) is 4.25. The van der Waals surface area contributed by atoms with Crippen LogP contribution in [0.4, 0.5) is 3.89 Å². The van der Waals surface area contributed by atoms with Gasteiger partial charge in [0.15, 0.2) is 0 Å². The van der Waals surface area contributed by atoms with E-state index in [1.807, 2.05) is 0 Å². The third-order valence-electron chi connectivity index (χ3n) is 1.63. The fourth-order valence-corrected chi connectivity index (χ4v) is 1.40. The summed E-state index contributed by atoms with van der Waals surface area (Å²) in [6, 6.07) is 4.90. The van der Waals surface area contributed by atoms with Crippen molar-refractivity contribution in [3.8, 4) is 11.8 Å². The number of amides is 1. The molecule has 0 aromatic heterocycles. The highest BCUT2D eigenvalue weighted by Gasteiger charge is 2.10. The van der Waals surface area contributed by atoms with E-state index in [1.165, 1.54) is 12.1 Å². The van der Waals surface area contributed by atoms with Gasteiger partial charge in [0.05, 0.1) is 11.3 Å². The molecule has 0 aliphatic carbocycles. The molecule has 0 aliphatic heterocycles. The van der Waals surface area contributed by atoms with Gasteiger partial charge >= 0.3 is 10.2 Å². The molecule has 0 unspecified atom stereocenters. The van der Waals surface area contributed by atoms with Crippen LogP contribution in [0.1, 0.15) is 12.0 Å². The Labute approximate surface area is 92.5 Å². The van der Waals surface area contributed by atoms with Crippen LogP contribution in [0.3, 0.4) is 0 Å². The number of nitrogens with two attached hydrogens (primary N) is 1. The van der Waals surface area contributed by atoms with Crippen molar-refractivity contribution in [1.29, 1.82) is 0 Å². The molecule has 0 saturated heterocycles. The molecule has 1 amide bonds. The first-order valence-corrected chi connectivity index (χ1v) is 5.60. The quantitative estimate of drug-likeness (QED) is 0.607. The molecule has 1 aromatic carbocycles. The van der Waals surface area contributed by atoms with Gasteiger partial charge in [-0.25, -0.2) is 0 Å². The van der Waals surface area contributed by atoms with E-state index in [9.17, 15) is 17.1 Å². The molecule has 84 valence electrons. The Balaban J connectivity index is 2.87. The van der Waals surface area contributed by atoms with E-state index in [2.05, 4.69) is 11.8 Å². The van der Waals surface area contributed by atoms with Crippen LogP contribution in [0.2, 0.25) is 0 Å². The molecule has 0 fully saturated rings. The predicted octanol–water partition coefficient (Wildman–Crippen LogP) is 0.572. The summed E-state index contributed by atoms with van der Waals surface area (Å²) in [5.41, 5.74) is 5.35. The Morgan fingerprint density at radius 3 is 2.31 bits per heavy atom. The van der Waals surface area contributed by atoms with E-state index in [-0.39, 0.29) is 6.42 Å². The van der Waals surface area contributed by atoms with Gasteiger partial charge in [-0.3, -0.25) is 4.79 Å². The highest BCUT2D eigenvalue weighted by molar-refractivity contribution is 7.86. The zero-order valence-corrected chi connectivity index (χ0v) is 8.92. The van der Waals surface area contributed by atoms with Gasteiger partial charge in [0, 0.05) is 5.56 Å². The lowest BCUT2D eigenvalue weighted by Crippen LogP contribution is -2.08. The highest BCUT2D eigenvalue weighted by Crippen LogP contribution is 2.12. The summed E-state index contributed by atoms with van der Waals surface area (Å²) < 4.78 is 33.5. The number of carbonyl (C=O) groups excluding carboxylic acids is 1. The van der Waals surface area contributed by atoms with E-state index in [0.29, 0.717) is 5.56 Å². The number of benzene rings is 1. The zero-order chi connectivity index (χ0) is 12.2. The molecule has 0 heterocycles. The van der Waals surface area contributed by atoms with Gasteiger partial charge < -0.3 is 5.73 Å². The summed E-state index contributed by atoms with van der Waals surface area (Å²) in [6.45, 7) is 0. The van der Waals surface area contributed by atoms with Crippen LogP contribution < -0.4 is 5.73 Å². The molecule has 1 aromatic rings. The maximum atomic E-state index is 12.5. The maximum absolute atomic E-state index is 12.5. The van der Waals surface area contributed by atoms with Crippen LogP contribution in [-0.4, -0.2) is 14.3 Å². The Hall–Kier alpha value is -1.87. The highest BCUT2D eigenvalue weighted by atomic mass is 32.3. The fourth-order valence-electron chi connectivity index (χ4n) is 0.934. The van der Waals surface area contributed by atoms with Gasteiger partial charge in [0.2, 0.25) is 5.91 Å². The smallest absolute Gasteiger partial charge is 0.332 e. The van der Waals surface area contributed by atoms with Crippen molar-refractivity contribution in [2.45, 2.75) is 11.3 Å². The number of primary amides is 1. The van der Waals surface area contributed by atoms with Crippen molar-refractivity contribution in [1.82, 2.24) is 0 Å². The molecule has 16 heavy (non-hydrogen) atoms. The zero-order valence-electron chi connectivity index (χ0n) is 8.10. The van der Waals surface area contributed by atoms with Crippen molar-refractivity contribution in [2.24, 2.45) is 5.73 Å². The van der Waals surface area contributed by atoms with Gasteiger partial charge in [-0.2, -0.15) is 8.42 Å². The average molecular weight is 241 g/mol. The van der Waals surface area contributed by atoms with Gasteiger partial charge in [-0.1, -0.05) is 11.8 Å². The van der Waals surface area contributed by atoms with Crippen LogP contribution in [0.5, 0.6) is 0 Å². The minimum atomic E-state index is -4.68. The van der Waals surface area contributed by atoms with Gasteiger partial charge in [0.25, 0.3) is 0 Å². The summed E-state index contributed by atoms with van der Waals surface area (Å²) in [4.78, 5) is 9.94. The van der Waals surface area contributed by atoms with E-state index < -0.39 is 21.0 Å². The summed E-state index contributed by atoms with van der Waals surface area (Å²) >= 11 is 0. The van der Waals surface area contributed by atoms with Crippen LogP contribution in [0.25, 0.3) is 0 Å². The van der Waals surface area contributed by atoms with Crippen molar-refractivity contribution in [2.75, 3.05) is 0 Å². The largest absolute Gasteiger partial charge is 0.369 e. The Morgan fingerprint density at radius 1 is 1.31 bits per heavy atom. The fraction of sp³-hybridized carbons (Fsp3) is 0.100. The Bertz CT molecular complexity index is 552. The monoisotopic (exact) mass is 241 g/mol. The molecule has 1 rings (SSSR count). The molecule has 0 atom stereocenters. The summed E-state index contributed by atoms with van der Waals surface area (Å²) in [7, 11) is -4.68. The molecule has 4 nitrogen and oxygen atoms in total. The predicted molar refractivity (Wildman–Crippen MR) is 55.4 cm³/mol. The van der Waals surface area contributed by atoms with E-state index >= 15 is 0 Å². The second-order valence-electron chi connectivity index (χ2n) is 2.91. The van der Waals surface area contributed by atoms with Crippen LogP contribution in [0.15, 0.2) is 29.2 Å². The average Bonchev–Trinajstić information content (AvgIpc) is 2.16. The normalized spacial score (nSPS) is 10.3. The number of hydrogen-bond donors (Lipinski definition) is 1. The molecule has 0 bridgehead atoms. The first-order valence-electron chi connectivity index (χ1n) is 4.21. The van der Waals surface area contributed by atoms with Crippen LogP contribution in [0, 0.1) is 11.8 Å². The number of halogens is 1. The molecule has 2 N–H and O–H groups in total. The van der Waals surface area contributed by atoms with E-state index in [1.54, 1.807) is 0 Å². The number of rotatable bonds is 2. The minimum Gasteiger partial charge on any atom is -0.369 e. The molecule has 0 spiro atoms. The lowest BCUT2D eigenvalue weighted by molar-refractivity contribution is -0.117. The summed E-state index contributed by atoms with van der Waals surface area (Å²) in [5, 5.41) is 0. The Morgan fingerprint density at radius 2 is 1.88 bits per heavy atom. The van der Waals surface area contributed by atoms with E-state index in [0.717, 1.165) is 12.1 Å². The SMILES string of the molecule is NC(=O)CC#Cc1ccc(S(=O)(=O)F)cc1. The first kappa shape index (κ1) is 12.2. The van der Waals surface area contributed by atoms with Crippen LogP contribution >= 0.6 is 0 Å². The van der Waals surface area contributed by atoms with Crippen molar-refractivity contribution < 1.29 is 17.1 Å². The van der Waals surface area contributed by atoms with Gasteiger partial charge in [0.1, 0.15) is 0 Å². The lowest BCUT2D eigenvalue weighted by atomic mass is 10.2. The first-order chi connectivity index (χ1) is 7.39. The maximum Gasteiger partial charge on any atom is 0.332 e. The van der Waals surface area contributed by atoms with Crippen molar-refractivity contribution in [3.05, 3.63) is 29.8 Å². The van der Waals surface area contributed by atoms with Gasteiger partial charge in [-0.05, 0) is 24.3 Å². The minimum absolute atomic E-state index is 0.0802. The Kier molecular flexibility index (Phi) is 3.64. The molecule has 0 radical (unpaired) electrons. The summed E-state index contributed by atoms with van der Waals surface area (Å²) in [6.07, 6.45) is -0.0802. The third-order valence-corrected chi connectivity index (χ3v) is 2.47. The molecule has 0 aliphatic rings. The summed E-state index contributed by atoms with van der Waals surface area (Å²) in [5.74, 6) is 4.53. The van der Waals surface area contributed by atoms with Crippen molar-refractivity contribution in [3.63, 3.8) is 0 Å². The second kappa shape index (κ2) is 4.77. The third kappa shape index (κ3) is 3.71. The number of hydrogen-bond acceptors (Lipinski definition) is 3. The molecule has 6 heteroatoms. The van der Waals surface area contributed by atoms with E-state index in [4.69, 9.17) is 5.73 Å².